The summed E-state index contributed by atoms with van der Waals surface area (Å²) in [5, 5.41) is 9.12. The minimum atomic E-state index is -0.967. The van der Waals surface area contributed by atoms with Crippen molar-refractivity contribution in [1.29, 1.82) is 0 Å². The second-order valence-electron chi connectivity index (χ2n) is 4.81. The van der Waals surface area contributed by atoms with Crippen molar-refractivity contribution in [1.82, 2.24) is 9.13 Å². The highest BCUT2D eigenvalue weighted by atomic mass is 16.4. The van der Waals surface area contributed by atoms with Crippen molar-refractivity contribution < 1.29 is 9.90 Å². The number of benzene rings is 1. The van der Waals surface area contributed by atoms with E-state index in [-0.39, 0.29) is 11.3 Å². The molecule has 0 bridgehead atoms. The summed E-state index contributed by atoms with van der Waals surface area (Å²) >= 11 is 0. The molecule has 3 rings (SSSR count). The summed E-state index contributed by atoms with van der Waals surface area (Å²) in [5.74, 6) is -0.967. The van der Waals surface area contributed by atoms with Gasteiger partial charge in [-0.15, -0.1) is 0 Å². The lowest BCUT2D eigenvalue weighted by molar-refractivity contribution is 0.0695. The monoisotopic (exact) mass is 258 g/mol. The standard InChI is InChI=1S/C14H14N2O3/c17-13(18)12-4-2-1-3-10(12)9-15-7-8-16(14(15)19)11-5-6-11/h1-4,7-8,11H,5-6,9H2,(H,17,18). The number of aromatic nitrogens is 2. The van der Waals surface area contributed by atoms with Crippen LogP contribution in [0.5, 0.6) is 0 Å². The van der Waals surface area contributed by atoms with Gasteiger partial charge >= 0.3 is 11.7 Å². The molecule has 1 aliphatic carbocycles. The third-order valence-corrected chi connectivity index (χ3v) is 3.40. The Morgan fingerprint density at radius 2 is 2.00 bits per heavy atom. The number of hydrogen-bond donors (Lipinski definition) is 1. The lowest BCUT2D eigenvalue weighted by Crippen LogP contribution is -2.24. The van der Waals surface area contributed by atoms with Crippen molar-refractivity contribution in [2.75, 3.05) is 0 Å². The van der Waals surface area contributed by atoms with E-state index in [4.69, 9.17) is 5.11 Å². The molecule has 1 aliphatic rings. The summed E-state index contributed by atoms with van der Waals surface area (Å²) in [6.45, 7) is 0.293. The van der Waals surface area contributed by atoms with Crippen molar-refractivity contribution >= 4 is 5.97 Å². The molecule has 1 heterocycles. The third kappa shape index (κ3) is 2.19. The molecule has 0 unspecified atom stereocenters. The Labute approximate surface area is 109 Å². The van der Waals surface area contributed by atoms with Gasteiger partial charge in [-0.3, -0.25) is 9.13 Å². The van der Waals surface area contributed by atoms with Gasteiger partial charge in [-0.05, 0) is 24.5 Å². The van der Waals surface area contributed by atoms with Crippen LogP contribution >= 0.6 is 0 Å². The summed E-state index contributed by atoms with van der Waals surface area (Å²) in [5.41, 5.74) is 0.821. The first-order valence-corrected chi connectivity index (χ1v) is 6.25. The third-order valence-electron chi connectivity index (χ3n) is 3.40. The molecule has 0 spiro atoms. The molecule has 0 saturated heterocycles. The van der Waals surface area contributed by atoms with Crippen LogP contribution in [0.25, 0.3) is 0 Å². The quantitative estimate of drug-likeness (QED) is 0.908. The fraction of sp³-hybridized carbons (Fsp3) is 0.286. The SMILES string of the molecule is O=C(O)c1ccccc1Cn1ccn(C2CC2)c1=O. The van der Waals surface area contributed by atoms with E-state index in [1.54, 1.807) is 45.8 Å². The van der Waals surface area contributed by atoms with Crippen LogP contribution < -0.4 is 5.69 Å². The Morgan fingerprint density at radius 3 is 2.68 bits per heavy atom. The highest BCUT2D eigenvalue weighted by Crippen LogP contribution is 2.33. The topological polar surface area (TPSA) is 64.2 Å². The van der Waals surface area contributed by atoms with Crippen molar-refractivity contribution in [2.45, 2.75) is 25.4 Å². The number of aromatic carboxylic acids is 1. The van der Waals surface area contributed by atoms with Gasteiger partial charge in [-0.25, -0.2) is 9.59 Å². The largest absolute Gasteiger partial charge is 0.478 e. The van der Waals surface area contributed by atoms with Gasteiger partial charge in [-0.2, -0.15) is 0 Å². The van der Waals surface area contributed by atoms with Crippen LogP contribution in [0, 0.1) is 0 Å². The molecule has 1 aromatic carbocycles. The fourth-order valence-electron chi connectivity index (χ4n) is 2.23. The number of carbonyl (C=O) groups is 1. The van der Waals surface area contributed by atoms with Gasteiger partial charge in [0, 0.05) is 18.4 Å². The molecule has 5 heteroatoms. The molecule has 19 heavy (non-hydrogen) atoms. The molecular formula is C14H14N2O3. The second-order valence-corrected chi connectivity index (χ2v) is 4.81. The van der Waals surface area contributed by atoms with E-state index in [0.717, 1.165) is 12.8 Å². The van der Waals surface area contributed by atoms with Gasteiger partial charge in [0.15, 0.2) is 0 Å². The highest BCUT2D eigenvalue weighted by Gasteiger charge is 2.25. The average molecular weight is 258 g/mol. The highest BCUT2D eigenvalue weighted by molar-refractivity contribution is 5.89. The number of hydrogen-bond acceptors (Lipinski definition) is 2. The van der Waals surface area contributed by atoms with E-state index in [2.05, 4.69) is 0 Å². The van der Waals surface area contributed by atoms with Crippen molar-refractivity contribution in [3.8, 4) is 0 Å². The van der Waals surface area contributed by atoms with Crippen LogP contribution in [0.2, 0.25) is 0 Å². The van der Waals surface area contributed by atoms with Crippen LogP contribution in [-0.4, -0.2) is 20.2 Å². The van der Waals surface area contributed by atoms with E-state index < -0.39 is 5.97 Å². The summed E-state index contributed by atoms with van der Waals surface area (Å²) in [4.78, 5) is 23.2. The molecule has 98 valence electrons. The summed E-state index contributed by atoms with van der Waals surface area (Å²) < 4.78 is 3.28. The second kappa shape index (κ2) is 4.42. The van der Waals surface area contributed by atoms with E-state index in [9.17, 15) is 9.59 Å². The van der Waals surface area contributed by atoms with Crippen molar-refractivity contribution in [3.05, 3.63) is 58.3 Å². The fourth-order valence-corrected chi connectivity index (χ4v) is 2.23. The van der Waals surface area contributed by atoms with Crippen LogP contribution in [0.3, 0.4) is 0 Å². The molecular weight excluding hydrogens is 244 g/mol. The molecule has 0 radical (unpaired) electrons. The first-order chi connectivity index (χ1) is 9.16. The predicted octanol–water partition coefficient (Wildman–Crippen LogP) is 1.73. The van der Waals surface area contributed by atoms with E-state index in [1.807, 2.05) is 0 Å². The molecule has 0 amide bonds. The number of carboxylic acids is 1. The molecule has 0 atom stereocenters. The van der Waals surface area contributed by atoms with Gasteiger partial charge < -0.3 is 5.11 Å². The Kier molecular flexibility index (Phi) is 2.74. The minimum Gasteiger partial charge on any atom is -0.478 e. The molecule has 1 aromatic heterocycles. The first-order valence-electron chi connectivity index (χ1n) is 6.25. The molecule has 1 fully saturated rings. The Bertz CT molecular complexity index is 680. The van der Waals surface area contributed by atoms with Gasteiger partial charge in [-0.1, -0.05) is 18.2 Å². The van der Waals surface area contributed by atoms with E-state index in [1.165, 1.54) is 0 Å². The predicted molar refractivity (Wildman–Crippen MR) is 69.5 cm³/mol. The van der Waals surface area contributed by atoms with Crippen LogP contribution in [0.4, 0.5) is 0 Å². The normalized spacial score (nSPS) is 14.5. The van der Waals surface area contributed by atoms with Gasteiger partial charge in [0.2, 0.25) is 0 Å². The number of imidazole rings is 1. The smallest absolute Gasteiger partial charge is 0.336 e. The summed E-state index contributed by atoms with van der Waals surface area (Å²) in [6, 6.07) is 7.10. The first kappa shape index (κ1) is 11.8. The molecule has 2 aromatic rings. The molecule has 0 aliphatic heterocycles. The minimum absolute atomic E-state index is 0.0670. The zero-order valence-corrected chi connectivity index (χ0v) is 10.3. The molecule has 1 N–H and O–H groups in total. The Morgan fingerprint density at radius 1 is 1.26 bits per heavy atom. The summed E-state index contributed by atoms with van der Waals surface area (Å²) in [7, 11) is 0. The Balaban J connectivity index is 1.93. The van der Waals surface area contributed by atoms with Gasteiger partial charge in [0.25, 0.3) is 0 Å². The maximum atomic E-state index is 12.1. The molecule has 5 nitrogen and oxygen atoms in total. The molecule has 1 saturated carbocycles. The van der Waals surface area contributed by atoms with E-state index >= 15 is 0 Å². The zero-order valence-electron chi connectivity index (χ0n) is 10.3. The van der Waals surface area contributed by atoms with Crippen molar-refractivity contribution in [3.63, 3.8) is 0 Å². The number of rotatable bonds is 4. The number of nitrogens with zero attached hydrogens (tertiary/aromatic N) is 2. The average Bonchev–Trinajstić information content (AvgIpc) is 3.17. The maximum absolute atomic E-state index is 12.1. The maximum Gasteiger partial charge on any atom is 0.336 e. The van der Waals surface area contributed by atoms with Crippen LogP contribution in [0.15, 0.2) is 41.5 Å². The lowest BCUT2D eigenvalue weighted by Gasteiger charge is -2.06. The van der Waals surface area contributed by atoms with Crippen LogP contribution in [-0.2, 0) is 6.54 Å². The lowest BCUT2D eigenvalue weighted by atomic mass is 10.1. The Hall–Kier alpha value is -2.30. The van der Waals surface area contributed by atoms with Crippen LogP contribution in [0.1, 0.15) is 34.8 Å². The van der Waals surface area contributed by atoms with E-state index in [0.29, 0.717) is 18.2 Å². The summed E-state index contributed by atoms with van der Waals surface area (Å²) in [6.07, 6.45) is 5.61. The number of carboxylic acid groups (broad SMARTS) is 1. The van der Waals surface area contributed by atoms with Crippen molar-refractivity contribution in [2.24, 2.45) is 0 Å². The van der Waals surface area contributed by atoms with Gasteiger partial charge in [0.1, 0.15) is 0 Å². The zero-order chi connectivity index (χ0) is 13.4. The van der Waals surface area contributed by atoms with Gasteiger partial charge in [0.05, 0.1) is 12.1 Å².